The number of nitrogens with one attached hydrogen (secondary N) is 3. The highest BCUT2D eigenvalue weighted by Crippen LogP contribution is 2.32. The second kappa shape index (κ2) is 5.65. The third-order valence-electron chi connectivity index (χ3n) is 4.06. The molecule has 24 heavy (non-hydrogen) atoms. The van der Waals surface area contributed by atoms with Crippen LogP contribution in [0.4, 0.5) is 11.4 Å². The molecule has 0 saturated heterocycles. The molecule has 0 aliphatic heterocycles. The van der Waals surface area contributed by atoms with Crippen molar-refractivity contribution >= 4 is 49.7 Å². The third kappa shape index (κ3) is 2.41. The molecule has 0 radical (unpaired) electrons. The number of aromatic nitrogens is 2. The van der Waals surface area contributed by atoms with E-state index in [0.29, 0.717) is 4.88 Å². The Morgan fingerprint density at radius 3 is 2.96 bits per heavy atom. The topological polar surface area (TPSA) is 69.8 Å². The number of H-pyrrole nitrogens is 1. The van der Waals surface area contributed by atoms with Gasteiger partial charge in [0, 0.05) is 46.3 Å². The number of thiophene rings is 1. The molecule has 4 rings (SSSR count). The van der Waals surface area contributed by atoms with Crippen molar-refractivity contribution in [2.24, 2.45) is 0 Å². The first kappa shape index (κ1) is 14.7. The summed E-state index contributed by atoms with van der Waals surface area (Å²) in [7, 11) is 1.86. The number of hydrogen-bond donors (Lipinski definition) is 3. The average molecular weight is 336 g/mol. The second-order valence-electron chi connectivity index (χ2n) is 5.63. The Hall–Kier alpha value is -2.86. The number of hydrogen-bond acceptors (Lipinski definition) is 4. The Bertz CT molecular complexity index is 1060. The number of benzene rings is 1. The Kier molecular flexibility index (Phi) is 3.46. The highest BCUT2D eigenvalue weighted by Gasteiger charge is 2.14. The van der Waals surface area contributed by atoms with Gasteiger partial charge in [-0.25, -0.2) is 4.98 Å². The number of aromatic amines is 1. The molecule has 5 nitrogen and oxygen atoms in total. The van der Waals surface area contributed by atoms with Crippen LogP contribution in [-0.2, 0) is 0 Å². The van der Waals surface area contributed by atoms with E-state index in [-0.39, 0.29) is 5.91 Å². The maximum atomic E-state index is 12.7. The van der Waals surface area contributed by atoms with Crippen molar-refractivity contribution in [3.63, 3.8) is 0 Å². The normalized spacial score (nSPS) is 11.1. The number of carbonyl (C=O) groups excluding carboxylic acids is 1. The predicted molar refractivity (Wildman–Crippen MR) is 100 cm³/mol. The van der Waals surface area contributed by atoms with Crippen LogP contribution in [0.1, 0.15) is 15.2 Å². The molecule has 4 aromatic rings. The number of carbonyl (C=O) groups is 1. The van der Waals surface area contributed by atoms with Gasteiger partial charge in [0.05, 0.1) is 4.88 Å². The number of nitrogens with zero attached hydrogens (tertiary/aromatic N) is 1. The lowest BCUT2D eigenvalue weighted by atomic mass is 10.1. The van der Waals surface area contributed by atoms with Gasteiger partial charge >= 0.3 is 0 Å². The fourth-order valence-electron chi connectivity index (χ4n) is 2.70. The van der Waals surface area contributed by atoms with Crippen molar-refractivity contribution < 1.29 is 4.79 Å². The number of amides is 1. The van der Waals surface area contributed by atoms with E-state index in [1.807, 2.05) is 50.5 Å². The first-order valence-corrected chi connectivity index (χ1v) is 8.43. The third-order valence-corrected chi connectivity index (χ3v) is 5.24. The number of pyridine rings is 1. The molecule has 0 spiro atoms. The van der Waals surface area contributed by atoms with Gasteiger partial charge in [-0.05, 0) is 36.8 Å². The standard InChI is InChI=1S/C18H16N4OS/c1-10-3-4-12(19-2)8-14(10)22-18(23)15-7-11-9-21-17-13(5-6-20-17)16(11)24-15/h3-9,19H,1-2H3,(H,20,21)(H,22,23). The summed E-state index contributed by atoms with van der Waals surface area (Å²) >= 11 is 1.49. The van der Waals surface area contributed by atoms with Crippen molar-refractivity contribution in [1.29, 1.82) is 0 Å². The van der Waals surface area contributed by atoms with Crippen molar-refractivity contribution in [3.05, 3.63) is 53.2 Å². The minimum Gasteiger partial charge on any atom is -0.388 e. The molecule has 0 atom stereocenters. The Balaban J connectivity index is 1.71. The van der Waals surface area contributed by atoms with Crippen LogP contribution in [0.3, 0.4) is 0 Å². The Labute approximate surface area is 142 Å². The number of aryl methyl sites for hydroxylation is 1. The first-order chi connectivity index (χ1) is 11.7. The van der Waals surface area contributed by atoms with Gasteiger partial charge in [-0.3, -0.25) is 4.79 Å². The predicted octanol–water partition coefficient (Wildman–Crippen LogP) is 4.38. The summed E-state index contributed by atoms with van der Waals surface area (Å²) in [5.74, 6) is -0.101. The minimum atomic E-state index is -0.101. The van der Waals surface area contributed by atoms with E-state index in [9.17, 15) is 4.79 Å². The lowest BCUT2D eigenvalue weighted by Crippen LogP contribution is -2.11. The molecule has 3 heterocycles. The summed E-state index contributed by atoms with van der Waals surface area (Å²) in [5.41, 5.74) is 3.65. The number of rotatable bonds is 3. The molecule has 1 aromatic carbocycles. The van der Waals surface area contributed by atoms with Crippen molar-refractivity contribution in [2.45, 2.75) is 6.92 Å². The van der Waals surface area contributed by atoms with Crippen LogP contribution in [0.5, 0.6) is 0 Å². The molecule has 6 heteroatoms. The van der Waals surface area contributed by atoms with Crippen molar-refractivity contribution in [3.8, 4) is 0 Å². The highest BCUT2D eigenvalue weighted by atomic mass is 32.1. The van der Waals surface area contributed by atoms with Crippen LogP contribution in [0.2, 0.25) is 0 Å². The van der Waals surface area contributed by atoms with E-state index in [1.165, 1.54) is 11.3 Å². The zero-order valence-electron chi connectivity index (χ0n) is 13.3. The molecule has 0 bridgehead atoms. The van der Waals surface area contributed by atoms with Crippen LogP contribution >= 0.6 is 11.3 Å². The maximum Gasteiger partial charge on any atom is 0.265 e. The molecule has 3 aromatic heterocycles. The summed E-state index contributed by atoms with van der Waals surface area (Å²) in [4.78, 5) is 20.8. The molecule has 1 amide bonds. The van der Waals surface area contributed by atoms with Gasteiger partial charge < -0.3 is 15.6 Å². The van der Waals surface area contributed by atoms with Gasteiger partial charge in [0.25, 0.3) is 5.91 Å². The molecule has 0 aliphatic rings. The average Bonchev–Trinajstić information content (AvgIpc) is 3.22. The van der Waals surface area contributed by atoms with Crippen LogP contribution < -0.4 is 10.6 Å². The van der Waals surface area contributed by atoms with E-state index < -0.39 is 0 Å². The minimum absolute atomic E-state index is 0.101. The summed E-state index contributed by atoms with van der Waals surface area (Å²) in [6.45, 7) is 1.98. The maximum absolute atomic E-state index is 12.7. The summed E-state index contributed by atoms with van der Waals surface area (Å²) in [6.07, 6.45) is 3.66. The number of anilines is 2. The van der Waals surface area contributed by atoms with E-state index in [2.05, 4.69) is 20.6 Å². The molecule has 120 valence electrons. The lowest BCUT2D eigenvalue weighted by molar-refractivity contribution is 0.103. The van der Waals surface area contributed by atoms with Gasteiger partial charge in [0.15, 0.2) is 0 Å². The fraction of sp³-hybridized carbons (Fsp3) is 0.111. The SMILES string of the molecule is CNc1ccc(C)c(NC(=O)c2cc3cnc4[nH]ccc4c3s2)c1. The Morgan fingerprint density at radius 1 is 1.25 bits per heavy atom. The zero-order chi connectivity index (χ0) is 16.7. The molecule has 3 N–H and O–H groups in total. The van der Waals surface area contributed by atoms with Crippen LogP contribution in [0.25, 0.3) is 21.1 Å². The molecular weight excluding hydrogens is 320 g/mol. The molecule has 0 fully saturated rings. The van der Waals surface area contributed by atoms with Crippen LogP contribution in [-0.4, -0.2) is 22.9 Å². The molecule has 0 aliphatic carbocycles. The van der Waals surface area contributed by atoms with Gasteiger partial charge in [0.1, 0.15) is 5.65 Å². The summed E-state index contributed by atoms with van der Waals surface area (Å²) in [6, 6.07) is 9.79. The number of fused-ring (bicyclic) bond motifs is 3. The van der Waals surface area contributed by atoms with Gasteiger partial charge in [-0.2, -0.15) is 0 Å². The van der Waals surface area contributed by atoms with Crippen molar-refractivity contribution in [1.82, 2.24) is 9.97 Å². The quantitative estimate of drug-likeness (QED) is 0.520. The van der Waals surface area contributed by atoms with Gasteiger partial charge in [-0.1, -0.05) is 6.07 Å². The highest BCUT2D eigenvalue weighted by molar-refractivity contribution is 7.21. The van der Waals surface area contributed by atoms with Crippen LogP contribution in [0.15, 0.2) is 42.7 Å². The van der Waals surface area contributed by atoms with Gasteiger partial charge in [-0.15, -0.1) is 11.3 Å². The molecule has 0 saturated carbocycles. The molecular formula is C18H16N4OS. The second-order valence-corrected chi connectivity index (χ2v) is 6.68. The van der Waals surface area contributed by atoms with Gasteiger partial charge in [0.2, 0.25) is 0 Å². The summed E-state index contributed by atoms with van der Waals surface area (Å²) in [5, 5.41) is 8.12. The van der Waals surface area contributed by atoms with Crippen LogP contribution in [0, 0.1) is 6.92 Å². The zero-order valence-corrected chi connectivity index (χ0v) is 14.1. The van der Waals surface area contributed by atoms with E-state index in [0.717, 1.165) is 38.1 Å². The Morgan fingerprint density at radius 2 is 2.12 bits per heavy atom. The molecule has 0 unspecified atom stereocenters. The monoisotopic (exact) mass is 336 g/mol. The van der Waals surface area contributed by atoms with E-state index >= 15 is 0 Å². The van der Waals surface area contributed by atoms with Crippen molar-refractivity contribution in [2.75, 3.05) is 17.7 Å². The fourth-order valence-corrected chi connectivity index (χ4v) is 3.76. The largest absolute Gasteiger partial charge is 0.388 e. The van der Waals surface area contributed by atoms with E-state index in [1.54, 1.807) is 6.20 Å². The smallest absolute Gasteiger partial charge is 0.265 e. The van der Waals surface area contributed by atoms with E-state index in [4.69, 9.17) is 0 Å². The summed E-state index contributed by atoms with van der Waals surface area (Å²) < 4.78 is 1.08. The first-order valence-electron chi connectivity index (χ1n) is 7.61. The lowest BCUT2D eigenvalue weighted by Gasteiger charge is -2.09.